The summed E-state index contributed by atoms with van der Waals surface area (Å²) in [5, 5.41) is 18.8. The largest absolute Gasteiger partial charge is 0.456 e. The highest BCUT2D eigenvalue weighted by molar-refractivity contribution is 9.10. The van der Waals surface area contributed by atoms with Crippen LogP contribution in [0.3, 0.4) is 0 Å². The van der Waals surface area contributed by atoms with Gasteiger partial charge in [-0.3, -0.25) is 0 Å². The van der Waals surface area contributed by atoms with Gasteiger partial charge in [-0.15, -0.1) is 0 Å². The maximum absolute atomic E-state index is 6.35. The predicted molar refractivity (Wildman–Crippen MR) is 295 cm³/mol. The molecule has 0 aliphatic heterocycles. The minimum atomic E-state index is -0.692. The van der Waals surface area contributed by atoms with Crippen molar-refractivity contribution in [1.82, 2.24) is 0 Å². The van der Waals surface area contributed by atoms with Gasteiger partial charge in [0.05, 0.1) is 0 Å². The lowest BCUT2D eigenvalue weighted by Gasteiger charge is -2.19. The van der Waals surface area contributed by atoms with Crippen LogP contribution in [-0.2, 0) is 0 Å². The molecular weight excluding hydrogens is 912 g/mol. The molecule has 320 valence electrons. The van der Waals surface area contributed by atoms with E-state index < -0.39 is 7.92 Å². The minimum absolute atomic E-state index is 0.692. The lowest BCUT2D eigenvalue weighted by Crippen LogP contribution is -2.20. The zero-order valence-electron chi connectivity index (χ0n) is 36.7. The van der Waals surface area contributed by atoms with Crippen LogP contribution in [0.15, 0.2) is 256 Å². The van der Waals surface area contributed by atoms with Gasteiger partial charge in [-0.25, -0.2) is 0 Å². The zero-order valence-corrected chi connectivity index (χ0v) is 39.2. The summed E-state index contributed by atoms with van der Waals surface area (Å²) in [6.45, 7) is 0. The van der Waals surface area contributed by atoms with E-state index in [2.05, 4.69) is 246 Å². The number of hydrogen-bond acceptors (Lipinski definition) is 2. The van der Waals surface area contributed by atoms with Crippen LogP contribution in [0.1, 0.15) is 0 Å². The van der Waals surface area contributed by atoms with Crippen LogP contribution in [0.25, 0.3) is 109 Å². The second kappa shape index (κ2) is 16.8. The SMILES string of the molecule is Brc1ccc2oc3ccc(-c4cc5ccccc5c5ccccc45)cc3c2c1.c1ccc(P(c2ccccc2)c2ccc3oc4ccc(-c5cc6ccccc6c6ccccc56)cc4c3c2)cc1. The fourth-order valence-electron chi connectivity index (χ4n) is 10.2. The Bertz CT molecular complexity index is 4190. The van der Waals surface area contributed by atoms with E-state index in [4.69, 9.17) is 8.83 Å². The van der Waals surface area contributed by atoms with Crippen LogP contribution in [-0.4, -0.2) is 0 Å². The van der Waals surface area contributed by atoms with Gasteiger partial charge in [-0.05, 0) is 156 Å². The molecule has 0 aliphatic carbocycles. The number of rotatable bonds is 5. The molecule has 2 aromatic heterocycles. The van der Waals surface area contributed by atoms with Gasteiger partial charge in [0.15, 0.2) is 0 Å². The minimum Gasteiger partial charge on any atom is -0.456 e. The zero-order chi connectivity index (χ0) is 45.1. The average Bonchev–Trinajstić information content (AvgIpc) is 3.96. The number of fused-ring (bicyclic) bond motifs is 12. The van der Waals surface area contributed by atoms with Gasteiger partial charge in [0.1, 0.15) is 22.3 Å². The third-order valence-electron chi connectivity index (χ3n) is 13.3. The molecule has 0 N–H and O–H groups in total. The Hall–Kier alpha value is -7.81. The number of halogens is 1. The van der Waals surface area contributed by atoms with Gasteiger partial charge in [0.2, 0.25) is 0 Å². The topological polar surface area (TPSA) is 26.3 Å². The molecule has 0 saturated carbocycles. The molecule has 0 bridgehead atoms. The second-order valence-electron chi connectivity index (χ2n) is 17.3. The monoisotopic (exact) mass is 950 g/mol. The van der Waals surface area contributed by atoms with Crippen molar-refractivity contribution < 1.29 is 8.83 Å². The van der Waals surface area contributed by atoms with E-state index in [9.17, 15) is 0 Å². The normalized spacial score (nSPS) is 11.7. The molecule has 0 saturated heterocycles. The molecule has 0 aliphatic rings. The van der Waals surface area contributed by atoms with Gasteiger partial charge in [0.25, 0.3) is 0 Å². The Morgan fingerprint density at radius 1 is 0.265 bits per heavy atom. The second-order valence-corrected chi connectivity index (χ2v) is 20.5. The first-order valence-corrected chi connectivity index (χ1v) is 25.0. The van der Waals surface area contributed by atoms with Crippen molar-refractivity contribution in [2.24, 2.45) is 0 Å². The first kappa shape index (κ1) is 40.5. The van der Waals surface area contributed by atoms with E-state index in [0.29, 0.717) is 0 Å². The van der Waals surface area contributed by atoms with Crippen LogP contribution >= 0.6 is 23.9 Å². The molecule has 0 atom stereocenters. The molecule has 0 fully saturated rings. The van der Waals surface area contributed by atoms with Crippen LogP contribution in [0.4, 0.5) is 0 Å². The fourth-order valence-corrected chi connectivity index (χ4v) is 12.9. The first-order valence-electron chi connectivity index (χ1n) is 22.9. The van der Waals surface area contributed by atoms with Crippen LogP contribution < -0.4 is 15.9 Å². The summed E-state index contributed by atoms with van der Waals surface area (Å²) < 4.78 is 13.4. The average molecular weight is 952 g/mol. The summed E-state index contributed by atoms with van der Waals surface area (Å²) in [4.78, 5) is 0. The molecule has 68 heavy (non-hydrogen) atoms. The van der Waals surface area contributed by atoms with Gasteiger partial charge in [-0.1, -0.05) is 192 Å². The highest BCUT2D eigenvalue weighted by Crippen LogP contribution is 2.41. The maximum atomic E-state index is 6.35. The first-order chi connectivity index (χ1) is 33.6. The third kappa shape index (κ3) is 7.06. The maximum Gasteiger partial charge on any atom is 0.135 e. The smallest absolute Gasteiger partial charge is 0.135 e. The molecule has 4 heteroatoms. The number of hydrogen-bond donors (Lipinski definition) is 0. The lowest BCUT2D eigenvalue weighted by atomic mass is 9.93. The van der Waals surface area contributed by atoms with Gasteiger partial charge >= 0.3 is 0 Å². The van der Waals surface area contributed by atoms with Gasteiger partial charge in [0, 0.05) is 26.0 Å². The lowest BCUT2D eigenvalue weighted by molar-refractivity contribution is 0.668. The highest BCUT2D eigenvalue weighted by Gasteiger charge is 2.19. The van der Waals surface area contributed by atoms with Gasteiger partial charge in [-0.2, -0.15) is 0 Å². The van der Waals surface area contributed by atoms with E-state index in [1.54, 1.807) is 0 Å². The summed E-state index contributed by atoms with van der Waals surface area (Å²) in [5.41, 5.74) is 8.59. The van der Waals surface area contributed by atoms with Crippen molar-refractivity contribution in [3.05, 3.63) is 247 Å². The molecule has 0 radical (unpaired) electrons. The summed E-state index contributed by atoms with van der Waals surface area (Å²) in [6.07, 6.45) is 0. The van der Waals surface area contributed by atoms with Crippen molar-refractivity contribution in [1.29, 1.82) is 0 Å². The molecule has 0 unspecified atom stereocenters. The molecule has 14 rings (SSSR count). The molecular formula is C64H40BrO2P. The van der Waals surface area contributed by atoms with Crippen molar-refractivity contribution in [3.8, 4) is 22.3 Å². The molecule has 0 spiro atoms. The third-order valence-corrected chi connectivity index (χ3v) is 16.2. The van der Waals surface area contributed by atoms with Crippen molar-refractivity contribution in [2.45, 2.75) is 0 Å². The predicted octanol–water partition coefficient (Wildman–Crippen LogP) is 17.6. The summed E-state index contributed by atoms with van der Waals surface area (Å²) in [5.74, 6) is 0. The van der Waals surface area contributed by atoms with E-state index in [0.717, 1.165) is 43.0 Å². The van der Waals surface area contributed by atoms with E-state index in [-0.39, 0.29) is 0 Å². The number of benzene rings is 12. The van der Waals surface area contributed by atoms with Crippen molar-refractivity contribution >= 4 is 127 Å². The van der Waals surface area contributed by atoms with Crippen molar-refractivity contribution in [2.75, 3.05) is 0 Å². The van der Waals surface area contributed by atoms with E-state index in [1.807, 2.05) is 12.1 Å². The molecule has 2 heterocycles. The molecule has 12 aromatic carbocycles. The Balaban J connectivity index is 0.000000143. The highest BCUT2D eigenvalue weighted by atomic mass is 79.9. The summed E-state index contributed by atoms with van der Waals surface area (Å²) in [7, 11) is -0.692. The molecule has 0 amide bonds. The fraction of sp³-hybridized carbons (Fsp3) is 0. The summed E-state index contributed by atoms with van der Waals surface area (Å²) >= 11 is 3.58. The van der Waals surface area contributed by atoms with E-state index >= 15 is 0 Å². The Morgan fingerprint density at radius 2 is 0.647 bits per heavy atom. The van der Waals surface area contributed by atoms with Crippen LogP contribution in [0.5, 0.6) is 0 Å². The molecule has 2 nitrogen and oxygen atoms in total. The Morgan fingerprint density at radius 3 is 1.15 bits per heavy atom. The summed E-state index contributed by atoms with van der Waals surface area (Å²) in [6, 6.07) is 87.1. The van der Waals surface area contributed by atoms with Crippen molar-refractivity contribution in [3.63, 3.8) is 0 Å². The Labute approximate surface area is 402 Å². The van der Waals surface area contributed by atoms with Crippen LogP contribution in [0.2, 0.25) is 0 Å². The van der Waals surface area contributed by atoms with Crippen LogP contribution in [0, 0.1) is 0 Å². The van der Waals surface area contributed by atoms with Gasteiger partial charge < -0.3 is 8.83 Å². The standard InChI is InChI=1S/C38H25OP.C26H15BrO/c1-3-12-28(13-4-1)40(29-14-5-2-6-15-29)30-20-22-38-36(25-30)35-24-27(19-21-37(35)39-38)34-23-26-11-7-8-16-31(26)32-17-9-10-18-33(32)34;27-18-10-12-26-24(15-18)23-14-17(9-11-25(23)28-26)22-13-16-5-1-2-6-19(16)20-7-3-4-8-21(20)22/h1-25H;1-15H. The quantitative estimate of drug-likeness (QED) is 0.127. The Kier molecular flexibility index (Phi) is 10.0. The number of furan rings is 2. The van der Waals surface area contributed by atoms with E-state index in [1.165, 1.54) is 86.6 Å². The molecule has 14 aromatic rings.